The van der Waals surface area contributed by atoms with Crippen molar-refractivity contribution in [1.82, 2.24) is 10.6 Å². The molecule has 19 heavy (non-hydrogen) atoms. The summed E-state index contributed by atoms with van der Waals surface area (Å²) in [7, 11) is 0. The van der Waals surface area contributed by atoms with Crippen molar-refractivity contribution >= 4 is 5.91 Å². The Morgan fingerprint density at radius 1 is 1.26 bits per heavy atom. The Morgan fingerprint density at radius 2 is 1.89 bits per heavy atom. The number of piperidine rings is 1. The van der Waals surface area contributed by atoms with E-state index >= 15 is 0 Å². The summed E-state index contributed by atoms with van der Waals surface area (Å²) in [5.41, 5.74) is -0.178. The molecule has 2 fully saturated rings. The molecule has 2 rings (SSSR count). The summed E-state index contributed by atoms with van der Waals surface area (Å²) < 4.78 is 6.09. The summed E-state index contributed by atoms with van der Waals surface area (Å²) in [6.45, 7) is 10.2. The molecule has 110 valence electrons. The van der Waals surface area contributed by atoms with Crippen LogP contribution in [0.1, 0.15) is 53.4 Å². The minimum Gasteiger partial charge on any atom is -0.370 e. The van der Waals surface area contributed by atoms with Crippen LogP contribution in [0.15, 0.2) is 0 Å². The van der Waals surface area contributed by atoms with E-state index in [1.54, 1.807) is 0 Å². The van der Waals surface area contributed by atoms with Gasteiger partial charge in [-0.15, -0.1) is 0 Å². The van der Waals surface area contributed by atoms with Crippen LogP contribution in [-0.2, 0) is 9.53 Å². The number of amides is 1. The Hall–Kier alpha value is -0.610. The summed E-state index contributed by atoms with van der Waals surface area (Å²) in [6, 6.07) is 0.438. The molecule has 0 aliphatic carbocycles. The van der Waals surface area contributed by atoms with Crippen LogP contribution in [0, 0.1) is 5.92 Å². The molecule has 0 saturated carbocycles. The number of rotatable bonds is 3. The summed E-state index contributed by atoms with van der Waals surface area (Å²) in [5.74, 6) is 0.354. The number of nitrogens with one attached hydrogen (secondary N) is 2. The predicted molar refractivity (Wildman–Crippen MR) is 76.0 cm³/mol. The van der Waals surface area contributed by atoms with Crippen molar-refractivity contribution in [2.75, 3.05) is 13.1 Å². The summed E-state index contributed by atoms with van der Waals surface area (Å²) in [4.78, 5) is 11.7. The number of carbonyl (C=O) groups is 1. The van der Waals surface area contributed by atoms with Crippen LogP contribution in [0.5, 0.6) is 0 Å². The summed E-state index contributed by atoms with van der Waals surface area (Å²) in [6.07, 6.45) is 4.12. The van der Waals surface area contributed by atoms with Crippen LogP contribution in [0.4, 0.5) is 0 Å². The fourth-order valence-corrected chi connectivity index (χ4v) is 3.57. The molecule has 0 spiro atoms. The normalized spacial score (nSPS) is 30.9. The molecule has 4 nitrogen and oxygen atoms in total. The fraction of sp³-hybridized carbons (Fsp3) is 0.933. The average Bonchev–Trinajstić information content (AvgIpc) is 2.23. The second-order valence-corrected chi connectivity index (χ2v) is 7.27. The topological polar surface area (TPSA) is 50.4 Å². The van der Waals surface area contributed by atoms with E-state index in [-0.39, 0.29) is 23.0 Å². The first-order chi connectivity index (χ1) is 8.77. The van der Waals surface area contributed by atoms with Crippen molar-refractivity contribution in [3.05, 3.63) is 0 Å². The van der Waals surface area contributed by atoms with E-state index < -0.39 is 0 Å². The molecular formula is C15H28N2O2. The molecule has 2 saturated heterocycles. The van der Waals surface area contributed by atoms with Gasteiger partial charge in [-0.05, 0) is 53.4 Å². The first-order valence-electron chi connectivity index (χ1n) is 7.49. The van der Waals surface area contributed by atoms with Gasteiger partial charge in [0.15, 0.2) is 0 Å². The molecule has 2 N–H and O–H groups in total. The molecular weight excluding hydrogens is 240 g/mol. The maximum absolute atomic E-state index is 11.7. The lowest BCUT2D eigenvalue weighted by atomic mass is 9.85. The highest BCUT2D eigenvalue weighted by molar-refractivity contribution is 5.79. The van der Waals surface area contributed by atoms with Crippen molar-refractivity contribution < 1.29 is 9.53 Å². The Morgan fingerprint density at radius 3 is 2.47 bits per heavy atom. The molecule has 0 aromatic heterocycles. The molecule has 0 radical (unpaired) electrons. The smallest absolute Gasteiger partial charge is 0.224 e. The summed E-state index contributed by atoms with van der Waals surface area (Å²) >= 11 is 0. The number of carbonyl (C=O) groups excluding carboxylic acids is 1. The summed E-state index contributed by atoms with van der Waals surface area (Å²) in [5, 5.41) is 6.54. The highest BCUT2D eigenvalue weighted by Crippen LogP contribution is 2.34. The van der Waals surface area contributed by atoms with Gasteiger partial charge in [-0.1, -0.05) is 0 Å². The van der Waals surface area contributed by atoms with E-state index in [4.69, 9.17) is 4.74 Å². The molecule has 2 aliphatic heterocycles. The van der Waals surface area contributed by atoms with Gasteiger partial charge in [0, 0.05) is 19.1 Å². The van der Waals surface area contributed by atoms with Crippen LogP contribution in [0.2, 0.25) is 0 Å². The zero-order valence-electron chi connectivity index (χ0n) is 12.7. The lowest BCUT2D eigenvalue weighted by Gasteiger charge is -2.46. The van der Waals surface area contributed by atoms with Gasteiger partial charge in [0.2, 0.25) is 5.91 Å². The molecule has 2 heterocycles. The van der Waals surface area contributed by atoms with E-state index in [1.165, 1.54) is 0 Å². The molecule has 0 aromatic rings. The number of hydrogen-bond donors (Lipinski definition) is 2. The molecule has 1 atom stereocenters. The Kier molecular flexibility index (Phi) is 4.21. The lowest BCUT2D eigenvalue weighted by molar-refractivity contribution is -0.164. The van der Waals surface area contributed by atoms with Crippen molar-refractivity contribution in [3.8, 4) is 0 Å². The Bertz CT molecular complexity index is 323. The monoisotopic (exact) mass is 268 g/mol. The van der Waals surface area contributed by atoms with Gasteiger partial charge >= 0.3 is 0 Å². The zero-order valence-corrected chi connectivity index (χ0v) is 12.7. The maximum atomic E-state index is 11.7. The van der Waals surface area contributed by atoms with E-state index in [0.29, 0.717) is 6.04 Å². The zero-order chi connectivity index (χ0) is 14.1. The van der Waals surface area contributed by atoms with Crippen LogP contribution >= 0.6 is 0 Å². The average molecular weight is 268 g/mol. The Labute approximate surface area is 116 Å². The first kappa shape index (κ1) is 14.8. The van der Waals surface area contributed by atoms with Gasteiger partial charge < -0.3 is 15.4 Å². The number of hydrogen-bond acceptors (Lipinski definition) is 3. The third-order valence-electron chi connectivity index (χ3n) is 4.08. The SMILES string of the molecule is CC1(C)CC(NCC2CCCNC2=O)CC(C)(C)O1. The largest absolute Gasteiger partial charge is 0.370 e. The van der Waals surface area contributed by atoms with Gasteiger partial charge in [-0.2, -0.15) is 0 Å². The quantitative estimate of drug-likeness (QED) is 0.821. The van der Waals surface area contributed by atoms with Gasteiger partial charge in [0.05, 0.1) is 17.1 Å². The van der Waals surface area contributed by atoms with E-state index in [0.717, 1.165) is 38.8 Å². The van der Waals surface area contributed by atoms with Gasteiger partial charge in [0.25, 0.3) is 0 Å². The fourth-order valence-electron chi connectivity index (χ4n) is 3.57. The molecule has 0 aromatic carbocycles. The minimum absolute atomic E-state index is 0.0890. The highest BCUT2D eigenvalue weighted by Gasteiger charge is 2.39. The first-order valence-corrected chi connectivity index (χ1v) is 7.49. The van der Waals surface area contributed by atoms with Crippen molar-refractivity contribution in [2.45, 2.75) is 70.6 Å². The minimum atomic E-state index is -0.0890. The van der Waals surface area contributed by atoms with Crippen LogP contribution in [0.3, 0.4) is 0 Å². The van der Waals surface area contributed by atoms with Crippen molar-refractivity contribution in [2.24, 2.45) is 5.92 Å². The molecule has 4 heteroatoms. The van der Waals surface area contributed by atoms with Gasteiger partial charge in [0.1, 0.15) is 0 Å². The maximum Gasteiger partial charge on any atom is 0.224 e. The van der Waals surface area contributed by atoms with E-state index in [2.05, 4.69) is 38.3 Å². The third kappa shape index (κ3) is 4.18. The van der Waals surface area contributed by atoms with E-state index in [1.807, 2.05) is 0 Å². The van der Waals surface area contributed by atoms with Gasteiger partial charge in [-0.3, -0.25) is 4.79 Å². The highest BCUT2D eigenvalue weighted by atomic mass is 16.5. The van der Waals surface area contributed by atoms with E-state index in [9.17, 15) is 4.79 Å². The molecule has 1 amide bonds. The predicted octanol–water partition coefficient (Wildman–Crippen LogP) is 1.84. The van der Waals surface area contributed by atoms with Crippen LogP contribution in [0.25, 0.3) is 0 Å². The molecule has 1 unspecified atom stereocenters. The third-order valence-corrected chi connectivity index (χ3v) is 4.08. The van der Waals surface area contributed by atoms with Crippen LogP contribution < -0.4 is 10.6 Å². The van der Waals surface area contributed by atoms with Crippen molar-refractivity contribution in [3.63, 3.8) is 0 Å². The van der Waals surface area contributed by atoms with Crippen molar-refractivity contribution in [1.29, 1.82) is 0 Å². The molecule has 0 bridgehead atoms. The van der Waals surface area contributed by atoms with Gasteiger partial charge in [-0.25, -0.2) is 0 Å². The Balaban J connectivity index is 1.86. The second kappa shape index (κ2) is 5.41. The molecule has 2 aliphatic rings. The lowest BCUT2D eigenvalue weighted by Crippen LogP contribution is -2.53. The van der Waals surface area contributed by atoms with Crippen LogP contribution in [-0.4, -0.2) is 36.2 Å². The second-order valence-electron chi connectivity index (χ2n) is 7.27. The standard InChI is InChI=1S/C15H28N2O2/c1-14(2)8-12(9-15(3,4)19-14)17-10-11-6-5-7-16-13(11)18/h11-12,17H,5-10H2,1-4H3,(H,16,18). The number of ether oxygens (including phenoxy) is 1.